The average Bonchev–Trinajstić information content (AvgIpc) is 2.30. The Hall–Kier alpha value is -2.37. The van der Waals surface area contributed by atoms with Crippen molar-refractivity contribution in [2.45, 2.75) is 6.42 Å². The summed E-state index contributed by atoms with van der Waals surface area (Å²) in [5, 5.41) is 10.9. The molecule has 6 nitrogen and oxygen atoms in total. The van der Waals surface area contributed by atoms with Crippen molar-refractivity contribution in [3.05, 3.63) is 46.5 Å². The first kappa shape index (κ1) is 13.7. The number of amides is 1. The molecule has 0 aromatic heterocycles. The topological polar surface area (TPSA) is 72.7 Å². The summed E-state index contributed by atoms with van der Waals surface area (Å²) in [6.07, 6.45) is 1.32. The van der Waals surface area contributed by atoms with Crippen molar-refractivity contribution < 1.29 is 14.5 Å². The smallest absolute Gasteiger partial charge is 0.403 e. The predicted molar refractivity (Wildman–Crippen MR) is 66.7 cm³/mol. The molecule has 0 unspecified atom stereocenters. The molecule has 0 radical (unpaired) electrons. The zero-order valence-corrected chi connectivity index (χ0v) is 10.3. The Morgan fingerprint density at radius 3 is 2.72 bits per heavy atom. The number of nitrogens with zero attached hydrogens (tertiary/aromatic N) is 2. The Morgan fingerprint density at radius 1 is 1.56 bits per heavy atom. The van der Waals surface area contributed by atoms with Crippen LogP contribution >= 0.6 is 0 Å². The standard InChI is InChI=1S/C12H14N2O4/c1-4-6-9-7-5-8-10(14(16)17)11(9)18-12(15)13(2)3/h4-5,7-8H,1,6H2,2-3H3. The van der Waals surface area contributed by atoms with Gasteiger partial charge in [-0.05, 0) is 6.42 Å². The summed E-state index contributed by atoms with van der Waals surface area (Å²) in [5.41, 5.74) is 0.318. The highest BCUT2D eigenvalue weighted by Gasteiger charge is 2.21. The van der Waals surface area contributed by atoms with Crippen molar-refractivity contribution in [1.82, 2.24) is 4.90 Å². The zero-order valence-electron chi connectivity index (χ0n) is 10.3. The van der Waals surface area contributed by atoms with Gasteiger partial charge in [-0.3, -0.25) is 10.1 Å². The summed E-state index contributed by atoms with van der Waals surface area (Å²) in [6.45, 7) is 3.57. The van der Waals surface area contributed by atoms with Gasteiger partial charge < -0.3 is 9.64 Å². The molecule has 0 heterocycles. The number of carbonyl (C=O) groups is 1. The predicted octanol–water partition coefficient (Wildman–Crippen LogP) is 2.38. The molecule has 1 aromatic rings. The second-order valence-corrected chi connectivity index (χ2v) is 3.78. The van der Waals surface area contributed by atoms with Crippen molar-refractivity contribution in [2.24, 2.45) is 0 Å². The minimum atomic E-state index is -0.658. The van der Waals surface area contributed by atoms with Gasteiger partial charge in [0, 0.05) is 25.7 Å². The molecule has 0 aliphatic carbocycles. The van der Waals surface area contributed by atoms with E-state index in [1.807, 2.05) is 0 Å². The van der Waals surface area contributed by atoms with Gasteiger partial charge in [-0.15, -0.1) is 6.58 Å². The number of hydrogen-bond donors (Lipinski definition) is 0. The summed E-state index contributed by atoms with van der Waals surface area (Å²) in [7, 11) is 3.01. The van der Waals surface area contributed by atoms with Gasteiger partial charge in [-0.25, -0.2) is 4.79 Å². The first-order valence-electron chi connectivity index (χ1n) is 5.23. The van der Waals surface area contributed by atoms with Crippen LogP contribution in [0.25, 0.3) is 0 Å². The fraction of sp³-hybridized carbons (Fsp3) is 0.250. The lowest BCUT2D eigenvalue weighted by Crippen LogP contribution is -2.26. The molecule has 96 valence electrons. The molecule has 1 rings (SSSR count). The third-order valence-corrected chi connectivity index (χ3v) is 2.19. The fourth-order valence-electron chi connectivity index (χ4n) is 1.33. The number of para-hydroxylation sites is 1. The van der Waals surface area contributed by atoms with Crippen LogP contribution in [0.1, 0.15) is 5.56 Å². The monoisotopic (exact) mass is 250 g/mol. The van der Waals surface area contributed by atoms with E-state index in [4.69, 9.17) is 4.74 Å². The summed E-state index contributed by atoms with van der Waals surface area (Å²) >= 11 is 0. The molecule has 6 heteroatoms. The summed E-state index contributed by atoms with van der Waals surface area (Å²) in [5.74, 6) is -0.0268. The van der Waals surface area contributed by atoms with Gasteiger partial charge >= 0.3 is 11.8 Å². The Balaban J connectivity index is 3.22. The maximum atomic E-state index is 11.5. The van der Waals surface area contributed by atoms with E-state index in [1.54, 1.807) is 18.2 Å². The van der Waals surface area contributed by atoms with Crippen molar-refractivity contribution in [3.63, 3.8) is 0 Å². The number of nitro benzene ring substituents is 1. The summed E-state index contributed by atoms with van der Waals surface area (Å²) < 4.78 is 5.05. The lowest BCUT2D eigenvalue weighted by molar-refractivity contribution is -0.385. The highest BCUT2D eigenvalue weighted by molar-refractivity contribution is 5.72. The van der Waals surface area contributed by atoms with E-state index in [-0.39, 0.29) is 11.4 Å². The zero-order chi connectivity index (χ0) is 13.7. The third-order valence-electron chi connectivity index (χ3n) is 2.19. The van der Waals surface area contributed by atoms with E-state index in [0.717, 1.165) is 0 Å². The molecular weight excluding hydrogens is 236 g/mol. The minimum Gasteiger partial charge on any atom is -0.403 e. The van der Waals surface area contributed by atoms with Gasteiger partial charge in [0.1, 0.15) is 0 Å². The number of hydrogen-bond acceptors (Lipinski definition) is 4. The molecule has 0 aliphatic heterocycles. The number of rotatable bonds is 4. The Kier molecular flexibility index (Phi) is 4.42. The lowest BCUT2D eigenvalue weighted by atomic mass is 10.1. The number of nitro groups is 1. The van der Waals surface area contributed by atoms with Crippen molar-refractivity contribution in [3.8, 4) is 5.75 Å². The van der Waals surface area contributed by atoms with E-state index in [1.165, 1.54) is 25.1 Å². The van der Waals surface area contributed by atoms with E-state index in [9.17, 15) is 14.9 Å². The van der Waals surface area contributed by atoms with Gasteiger partial charge in [-0.1, -0.05) is 18.2 Å². The van der Waals surface area contributed by atoms with Crippen LogP contribution in [0, 0.1) is 10.1 Å². The first-order valence-corrected chi connectivity index (χ1v) is 5.23. The number of allylic oxidation sites excluding steroid dienone is 1. The second kappa shape index (κ2) is 5.81. The van der Waals surface area contributed by atoms with E-state index >= 15 is 0 Å². The maximum Gasteiger partial charge on any atom is 0.414 e. The van der Waals surface area contributed by atoms with E-state index < -0.39 is 11.0 Å². The molecule has 0 N–H and O–H groups in total. The second-order valence-electron chi connectivity index (χ2n) is 3.78. The molecule has 0 atom stereocenters. The van der Waals surface area contributed by atoms with Gasteiger partial charge in [0.25, 0.3) is 0 Å². The lowest BCUT2D eigenvalue weighted by Gasteiger charge is -2.13. The molecule has 0 fully saturated rings. The summed E-state index contributed by atoms with van der Waals surface area (Å²) in [4.78, 5) is 23.0. The van der Waals surface area contributed by atoms with Crippen LogP contribution < -0.4 is 4.74 Å². The van der Waals surface area contributed by atoms with E-state index in [0.29, 0.717) is 12.0 Å². The largest absolute Gasteiger partial charge is 0.414 e. The van der Waals surface area contributed by atoms with Crippen LogP contribution in [-0.2, 0) is 6.42 Å². The van der Waals surface area contributed by atoms with Crippen molar-refractivity contribution >= 4 is 11.8 Å². The van der Waals surface area contributed by atoms with Gasteiger partial charge in [0.05, 0.1) is 4.92 Å². The Labute approximate surface area is 105 Å². The molecule has 1 aromatic carbocycles. The molecule has 0 spiro atoms. The quantitative estimate of drug-likeness (QED) is 0.467. The van der Waals surface area contributed by atoms with Crippen LogP contribution in [0.2, 0.25) is 0 Å². The van der Waals surface area contributed by atoms with Crippen molar-refractivity contribution in [1.29, 1.82) is 0 Å². The van der Waals surface area contributed by atoms with Crippen LogP contribution in [0.15, 0.2) is 30.9 Å². The van der Waals surface area contributed by atoms with Crippen LogP contribution in [0.5, 0.6) is 5.75 Å². The van der Waals surface area contributed by atoms with Gasteiger partial charge in [0.15, 0.2) is 0 Å². The number of carbonyl (C=O) groups excluding carboxylic acids is 1. The third kappa shape index (κ3) is 3.07. The normalized spacial score (nSPS) is 9.67. The van der Waals surface area contributed by atoms with Crippen LogP contribution in [-0.4, -0.2) is 30.0 Å². The first-order chi connectivity index (χ1) is 8.47. The molecule has 1 amide bonds. The molecule has 0 aliphatic rings. The van der Waals surface area contributed by atoms with E-state index in [2.05, 4.69) is 6.58 Å². The van der Waals surface area contributed by atoms with Gasteiger partial charge in [-0.2, -0.15) is 0 Å². The van der Waals surface area contributed by atoms with Crippen LogP contribution in [0.3, 0.4) is 0 Å². The molecule has 18 heavy (non-hydrogen) atoms. The summed E-state index contributed by atoms with van der Waals surface area (Å²) in [6, 6.07) is 4.50. The highest BCUT2D eigenvalue weighted by atomic mass is 16.6. The maximum absolute atomic E-state index is 11.5. The Bertz CT molecular complexity index is 483. The Morgan fingerprint density at radius 2 is 2.22 bits per heavy atom. The minimum absolute atomic E-state index is 0.0268. The van der Waals surface area contributed by atoms with Crippen LogP contribution in [0.4, 0.5) is 10.5 Å². The number of benzene rings is 1. The molecule has 0 saturated heterocycles. The number of ether oxygens (including phenoxy) is 1. The van der Waals surface area contributed by atoms with Gasteiger partial charge in [0.2, 0.25) is 5.75 Å². The molecular formula is C12H14N2O4. The highest BCUT2D eigenvalue weighted by Crippen LogP contribution is 2.31. The molecule has 0 saturated carbocycles. The van der Waals surface area contributed by atoms with Crippen molar-refractivity contribution in [2.75, 3.05) is 14.1 Å². The fourth-order valence-corrected chi connectivity index (χ4v) is 1.33. The average molecular weight is 250 g/mol. The molecule has 0 bridgehead atoms. The SMILES string of the molecule is C=CCc1cccc([N+](=O)[O-])c1OC(=O)N(C)C.